The van der Waals surface area contributed by atoms with Gasteiger partial charge < -0.3 is 10.4 Å². The van der Waals surface area contributed by atoms with Crippen LogP contribution in [0.1, 0.15) is 44.7 Å². The first-order chi connectivity index (χ1) is 9.09. The van der Waals surface area contributed by atoms with E-state index in [0.29, 0.717) is 0 Å². The minimum atomic E-state index is -0.226. The molecule has 0 aromatic heterocycles. The molecule has 0 radical (unpaired) electrons. The number of aliphatic hydroxyl groups is 1. The lowest BCUT2D eigenvalue weighted by Gasteiger charge is -2.18. The number of nitrogens with one attached hydrogen (secondary N) is 1. The highest BCUT2D eigenvalue weighted by Gasteiger charge is 2.15. The predicted molar refractivity (Wildman–Crippen MR) is 77.5 cm³/mol. The topological polar surface area (TPSA) is 56.0 Å². The third-order valence-electron chi connectivity index (χ3n) is 3.31. The van der Waals surface area contributed by atoms with Crippen molar-refractivity contribution < 1.29 is 5.11 Å². The molecule has 0 heterocycles. The van der Waals surface area contributed by atoms with Gasteiger partial charge in [-0.1, -0.05) is 36.8 Å². The fraction of sp³-hybridized carbons (Fsp3) is 0.562. The van der Waals surface area contributed by atoms with Crippen LogP contribution < -0.4 is 5.32 Å². The second-order valence-electron chi connectivity index (χ2n) is 5.55. The smallest absolute Gasteiger partial charge is 0.0683 e. The molecule has 1 rings (SSSR count). The van der Waals surface area contributed by atoms with Gasteiger partial charge in [0.05, 0.1) is 24.1 Å². The summed E-state index contributed by atoms with van der Waals surface area (Å²) in [7, 11) is 0. The average Bonchev–Trinajstić information content (AvgIpc) is 2.44. The highest BCUT2D eigenvalue weighted by atomic mass is 16.3. The van der Waals surface area contributed by atoms with Crippen molar-refractivity contribution in [2.24, 2.45) is 5.41 Å². The zero-order chi connectivity index (χ0) is 14.1. The molecule has 0 aliphatic heterocycles. The summed E-state index contributed by atoms with van der Waals surface area (Å²) in [5.41, 5.74) is 0.887. The number of aliphatic hydroxyl groups excluding tert-OH is 1. The second-order valence-corrected chi connectivity index (χ2v) is 5.55. The summed E-state index contributed by atoms with van der Waals surface area (Å²) in [6.45, 7) is 4.91. The maximum absolute atomic E-state index is 9.40. The van der Waals surface area contributed by atoms with Gasteiger partial charge >= 0.3 is 0 Å². The molecule has 0 amide bonds. The fourth-order valence-corrected chi connectivity index (χ4v) is 2.00. The maximum Gasteiger partial charge on any atom is 0.0683 e. The molecule has 104 valence electrons. The first kappa shape index (κ1) is 15.7. The normalized spacial score (nSPS) is 12.9. The predicted octanol–water partition coefficient (Wildman–Crippen LogP) is 3.03. The summed E-state index contributed by atoms with van der Waals surface area (Å²) in [6.07, 6.45) is 2.97. The number of nitrogens with zero attached hydrogens (tertiary/aromatic N) is 1. The Morgan fingerprint density at radius 1 is 1.26 bits per heavy atom. The second kappa shape index (κ2) is 7.93. The number of benzene rings is 1. The first-order valence-corrected chi connectivity index (χ1v) is 6.89. The molecule has 1 atom stereocenters. The molecule has 0 saturated carbocycles. The van der Waals surface area contributed by atoms with E-state index in [2.05, 4.69) is 11.4 Å². The molecule has 0 aliphatic carbocycles. The Hall–Kier alpha value is -1.37. The van der Waals surface area contributed by atoms with E-state index in [1.807, 2.05) is 44.2 Å². The van der Waals surface area contributed by atoms with Gasteiger partial charge in [0.1, 0.15) is 0 Å². The summed E-state index contributed by atoms with van der Waals surface area (Å²) in [4.78, 5) is 0. The van der Waals surface area contributed by atoms with Gasteiger partial charge in [-0.25, -0.2) is 0 Å². The van der Waals surface area contributed by atoms with Crippen LogP contribution >= 0.6 is 0 Å². The van der Waals surface area contributed by atoms with Crippen LogP contribution in [-0.2, 0) is 0 Å². The van der Waals surface area contributed by atoms with Gasteiger partial charge in [-0.15, -0.1) is 0 Å². The Balaban J connectivity index is 2.27. The summed E-state index contributed by atoms with van der Waals surface area (Å²) < 4.78 is 0. The molecule has 2 N–H and O–H groups in total. The molecular weight excluding hydrogens is 236 g/mol. The molecule has 3 nitrogen and oxygen atoms in total. The molecule has 0 aliphatic rings. The van der Waals surface area contributed by atoms with Gasteiger partial charge in [-0.2, -0.15) is 5.26 Å². The van der Waals surface area contributed by atoms with Crippen molar-refractivity contribution in [3.63, 3.8) is 0 Å². The molecule has 0 spiro atoms. The van der Waals surface area contributed by atoms with E-state index in [0.717, 1.165) is 31.4 Å². The van der Waals surface area contributed by atoms with Gasteiger partial charge in [0, 0.05) is 0 Å². The largest absolute Gasteiger partial charge is 0.394 e. The fourth-order valence-electron chi connectivity index (χ4n) is 2.00. The highest BCUT2D eigenvalue weighted by Crippen LogP contribution is 2.21. The number of hydrogen-bond donors (Lipinski definition) is 2. The molecule has 0 saturated heterocycles. The lowest BCUT2D eigenvalue weighted by atomic mass is 9.89. The Morgan fingerprint density at radius 2 is 1.95 bits per heavy atom. The van der Waals surface area contributed by atoms with Crippen LogP contribution in [0.25, 0.3) is 0 Å². The zero-order valence-electron chi connectivity index (χ0n) is 11.9. The Bertz CT molecular complexity index is 395. The Morgan fingerprint density at radius 3 is 2.53 bits per heavy atom. The highest BCUT2D eigenvalue weighted by molar-refractivity contribution is 5.18. The summed E-state index contributed by atoms with van der Waals surface area (Å²) in [5, 5.41) is 21.7. The number of hydrogen-bond acceptors (Lipinski definition) is 3. The van der Waals surface area contributed by atoms with E-state index in [1.54, 1.807) is 0 Å². The molecular formula is C16H24N2O. The van der Waals surface area contributed by atoms with Crippen LogP contribution in [0.2, 0.25) is 0 Å². The van der Waals surface area contributed by atoms with Crippen LogP contribution in [-0.4, -0.2) is 18.3 Å². The minimum Gasteiger partial charge on any atom is -0.394 e. The third-order valence-corrected chi connectivity index (χ3v) is 3.31. The minimum absolute atomic E-state index is 0.00479. The van der Waals surface area contributed by atoms with Crippen molar-refractivity contribution in [1.82, 2.24) is 5.32 Å². The Labute approximate surface area is 116 Å². The lowest BCUT2D eigenvalue weighted by molar-refractivity contribution is 0.243. The number of rotatable bonds is 8. The summed E-state index contributed by atoms with van der Waals surface area (Å²) in [6, 6.07) is 12.3. The van der Waals surface area contributed by atoms with Gasteiger partial charge in [0.15, 0.2) is 0 Å². The van der Waals surface area contributed by atoms with Crippen molar-refractivity contribution in [2.45, 2.75) is 39.2 Å². The summed E-state index contributed by atoms with van der Waals surface area (Å²) in [5.74, 6) is 0. The Kier molecular flexibility index (Phi) is 6.55. The monoisotopic (exact) mass is 260 g/mol. The van der Waals surface area contributed by atoms with Gasteiger partial charge in [0.25, 0.3) is 0 Å². The van der Waals surface area contributed by atoms with Crippen molar-refractivity contribution in [1.29, 1.82) is 5.26 Å². The van der Waals surface area contributed by atoms with E-state index in [9.17, 15) is 5.11 Å². The molecule has 3 heteroatoms. The molecule has 1 aromatic rings. The first-order valence-electron chi connectivity index (χ1n) is 6.89. The van der Waals surface area contributed by atoms with Crippen LogP contribution in [0.4, 0.5) is 0 Å². The SMILES string of the molecule is CC(C)(C#N)CCCCNC(CO)c1ccccc1. The van der Waals surface area contributed by atoms with Crippen LogP contribution in [0.3, 0.4) is 0 Å². The zero-order valence-corrected chi connectivity index (χ0v) is 11.9. The van der Waals surface area contributed by atoms with Crippen molar-refractivity contribution >= 4 is 0 Å². The van der Waals surface area contributed by atoms with Crippen molar-refractivity contribution in [3.8, 4) is 6.07 Å². The van der Waals surface area contributed by atoms with Crippen molar-refractivity contribution in [2.75, 3.05) is 13.2 Å². The van der Waals surface area contributed by atoms with Gasteiger partial charge in [-0.05, 0) is 38.8 Å². The van der Waals surface area contributed by atoms with Crippen LogP contribution in [0.15, 0.2) is 30.3 Å². The number of nitriles is 1. The maximum atomic E-state index is 9.40. The standard InChI is InChI=1S/C16H24N2O/c1-16(2,13-17)10-6-7-11-18-15(12-19)14-8-4-3-5-9-14/h3-5,8-9,15,18-19H,6-7,10-12H2,1-2H3. The summed E-state index contributed by atoms with van der Waals surface area (Å²) >= 11 is 0. The third kappa shape index (κ3) is 5.87. The van der Waals surface area contributed by atoms with Crippen molar-refractivity contribution in [3.05, 3.63) is 35.9 Å². The molecule has 1 unspecified atom stereocenters. The van der Waals surface area contributed by atoms with Gasteiger partial charge in [0.2, 0.25) is 0 Å². The molecule has 0 bridgehead atoms. The van der Waals surface area contributed by atoms with Crippen LogP contribution in [0, 0.1) is 16.7 Å². The van der Waals surface area contributed by atoms with Crippen LogP contribution in [0.5, 0.6) is 0 Å². The van der Waals surface area contributed by atoms with E-state index in [1.165, 1.54) is 0 Å². The van der Waals surface area contributed by atoms with Gasteiger partial charge in [-0.3, -0.25) is 0 Å². The molecule has 1 aromatic carbocycles. The van der Waals surface area contributed by atoms with E-state index in [-0.39, 0.29) is 18.1 Å². The van der Waals surface area contributed by atoms with E-state index >= 15 is 0 Å². The quantitative estimate of drug-likeness (QED) is 0.706. The molecule has 19 heavy (non-hydrogen) atoms. The lowest BCUT2D eigenvalue weighted by Crippen LogP contribution is -2.25. The molecule has 0 fully saturated rings. The van der Waals surface area contributed by atoms with E-state index < -0.39 is 0 Å². The number of unbranched alkanes of at least 4 members (excludes halogenated alkanes) is 1. The van der Waals surface area contributed by atoms with E-state index in [4.69, 9.17) is 5.26 Å². The average molecular weight is 260 g/mol.